The lowest BCUT2D eigenvalue weighted by Crippen LogP contribution is -2.49. The third-order valence-corrected chi connectivity index (χ3v) is 7.76. The zero-order valence-electron chi connectivity index (χ0n) is 25.7. The van der Waals surface area contributed by atoms with Gasteiger partial charge in [-0.25, -0.2) is 4.79 Å². The SMILES string of the molecule is Cc1ccc(C(CC(=O)O)NC(=O)c2ccc(N3CCN(C(=O)c4cccnc4)CC3)c(NC(=O)Nc3cccc(C)c3)c2)cc1. The molecule has 11 nitrogen and oxygen atoms in total. The number of carbonyl (C=O) groups is 4. The number of rotatable bonds is 9. The standard InChI is InChI=1S/C35H36N6O5/c1-23-8-10-25(11-9-23)29(21-32(42)43)38-33(44)26-12-13-31(30(20-26)39-35(46)37-28-7-3-5-24(2)19-28)40-15-17-41(18-16-40)34(45)27-6-4-14-36-22-27/h3-14,19-20,22,29H,15-18,21H2,1-2H3,(H,38,44)(H,42,43)(H2,37,39,46). The van der Waals surface area contributed by atoms with Crippen LogP contribution in [0.1, 0.15) is 49.9 Å². The number of aryl methyl sites for hydroxylation is 2. The van der Waals surface area contributed by atoms with Crippen LogP contribution in [0.3, 0.4) is 0 Å². The van der Waals surface area contributed by atoms with Crippen molar-refractivity contribution < 1.29 is 24.3 Å². The van der Waals surface area contributed by atoms with Crippen molar-refractivity contribution in [2.24, 2.45) is 0 Å². The fraction of sp³-hybridized carbons (Fsp3) is 0.229. The molecule has 4 N–H and O–H groups in total. The monoisotopic (exact) mass is 620 g/mol. The van der Waals surface area contributed by atoms with Gasteiger partial charge >= 0.3 is 12.0 Å². The van der Waals surface area contributed by atoms with Crippen LogP contribution in [0.2, 0.25) is 0 Å². The van der Waals surface area contributed by atoms with Crippen LogP contribution in [0.5, 0.6) is 0 Å². The van der Waals surface area contributed by atoms with Gasteiger partial charge in [-0.3, -0.25) is 19.4 Å². The highest BCUT2D eigenvalue weighted by Crippen LogP contribution is 2.30. The van der Waals surface area contributed by atoms with Gasteiger partial charge in [0.1, 0.15) is 0 Å². The van der Waals surface area contributed by atoms with Crippen LogP contribution < -0.4 is 20.9 Å². The van der Waals surface area contributed by atoms with Crippen LogP contribution in [-0.2, 0) is 4.79 Å². The first-order valence-corrected chi connectivity index (χ1v) is 15.0. The van der Waals surface area contributed by atoms with Crippen LogP contribution in [-0.4, -0.2) is 65.0 Å². The summed E-state index contributed by atoms with van der Waals surface area (Å²) in [7, 11) is 0. The summed E-state index contributed by atoms with van der Waals surface area (Å²) in [6.07, 6.45) is 2.88. The summed E-state index contributed by atoms with van der Waals surface area (Å²) in [5, 5.41) is 18.1. The molecule has 0 radical (unpaired) electrons. The number of aromatic nitrogens is 1. The minimum absolute atomic E-state index is 0.0971. The Kier molecular flexibility index (Phi) is 9.91. The van der Waals surface area contributed by atoms with Gasteiger partial charge in [0, 0.05) is 49.8 Å². The number of nitrogens with one attached hydrogen (secondary N) is 3. The van der Waals surface area contributed by atoms with Crippen molar-refractivity contribution in [2.75, 3.05) is 41.7 Å². The molecule has 11 heteroatoms. The van der Waals surface area contributed by atoms with E-state index in [4.69, 9.17) is 0 Å². The van der Waals surface area contributed by atoms with Crippen molar-refractivity contribution in [3.63, 3.8) is 0 Å². The molecule has 0 aliphatic carbocycles. The summed E-state index contributed by atoms with van der Waals surface area (Å²) in [6.45, 7) is 5.77. The number of benzene rings is 3. The molecule has 1 aliphatic heterocycles. The average Bonchev–Trinajstić information content (AvgIpc) is 3.04. The van der Waals surface area contributed by atoms with E-state index < -0.39 is 23.9 Å². The second-order valence-corrected chi connectivity index (χ2v) is 11.2. The summed E-state index contributed by atoms with van der Waals surface area (Å²) >= 11 is 0. The fourth-order valence-electron chi connectivity index (χ4n) is 5.35. The fourth-order valence-corrected chi connectivity index (χ4v) is 5.35. The number of amides is 4. The molecule has 1 atom stereocenters. The number of carbonyl (C=O) groups excluding carboxylic acids is 3. The molecular weight excluding hydrogens is 584 g/mol. The maximum atomic E-state index is 13.5. The van der Waals surface area contributed by atoms with Crippen molar-refractivity contribution in [1.29, 1.82) is 0 Å². The first-order valence-electron chi connectivity index (χ1n) is 15.0. The van der Waals surface area contributed by atoms with Crippen LogP contribution >= 0.6 is 0 Å². The van der Waals surface area contributed by atoms with Crippen molar-refractivity contribution in [1.82, 2.24) is 15.2 Å². The molecule has 4 amide bonds. The Morgan fingerprint density at radius 3 is 2.26 bits per heavy atom. The van der Waals surface area contributed by atoms with Gasteiger partial charge < -0.3 is 30.9 Å². The molecule has 1 unspecified atom stereocenters. The van der Waals surface area contributed by atoms with Crippen LogP contribution in [0.25, 0.3) is 0 Å². The molecule has 46 heavy (non-hydrogen) atoms. The van der Waals surface area contributed by atoms with Gasteiger partial charge in [0.25, 0.3) is 11.8 Å². The lowest BCUT2D eigenvalue weighted by molar-refractivity contribution is -0.137. The van der Waals surface area contributed by atoms with E-state index in [0.29, 0.717) is 54.4 Å². The summed E-state index contributed by atoms with van der Waals surface area (Å²) in [6, 6.07) is 21.9. The van der Waals surface area contributed by atoms with Gasteiger partial charge in [0.05, 0.1) is 29.4 Å². The van der Waals surface area contributed by atoms with E-state index in [9.17, 15) is 24.3 Å². The summed E-state index contributed by atoms with van der Waals surface area (Å²) in [5.41, 5.74) is 5.15. The van der Waals surface area contributed by atoms with E-state index in [1.807, 2.05) is 44.2 Å². The maximum Gasteiger partial charge on any atom is 0.323 e. The number of carboxylic acids is 1. The highest BCUT2D eigenvalue weighted by atomic mass is 16.4. The zero-order valence-corrected chi connectivity index (χ0v) is 25.7. The summed E-state index contributed by atoms with van der Waals surface area (Å²) < 4.78 is 0. The van der Waals surface area contributed by atoms with E-state index in [-0.39, 0.29) is 17.9 Å². The number of piperazine rings is 1. The Morgan fingerprint density at radius 2 is 1.59 bits per heavy atom. The van der Waals surface area contributed by atoms with Gasteiger partial charge in [0.2, 0.25) is 0 Å². The van der Waals surface area contributed by atoms with Gasteiger partial charge in [-0.05, 0) is 67.4 Å². The molecule has 1 saturated heterocycles. The van der Waals surface area contributed by atoms with E-state index in [1.165, 1.54) is 0 Å². The summed E-state index contributed by atoms with van der Waals surface area (Å²) in [5.74, 6) is -1.62. The van der Waals surface area contributed by atoms with Gasteiger partial charge in [-0.15, -0.1) is 0 Å². The maximum absolute atomic E-state index is 13.5. The molecule has 0 spiro atoms. The van der Waals surface area contributed by atoms with Gasteiger partial charge in [-0.2, -0.15) is 0 Å². The number of aliphatic carboxylic acids is 1. The number of hydrogen-bond donors (Lipinski definition) is 4. The number of nitrogens with zero attached hydrogens (tertiary/aromatic N) is 3. The average molecular weight is 621 g/mol. The Morgan fingerprint density at radius 1 is 0.826 bits per heavy atom. The Labute approximate surface area is 267 Å². The number of urea groups is 1. The highest BCUT2D eigenvalue weighted by Gasteiger charge is 2.25. The van der Waals surface area contributed by atoms with Crippen molar-refractivity contribution in [2.45, 2.75) is 26.3 Å². The molecule has 236 valence electrons. The number of hydrogen-bond acceptors (Lipinski definition) is 6. The van der Waals surface area contributed by atoms with Crippen molar-refractivity contribution in [3.05, 3.63) is 119 Å². The minimum Gasteiger partial charge on any atom is -0.481 e. The molecule has 3 aromatic carbocycles. The van der Waals surface area contributed by atoms with Crippen LogP contribution in [0, 0.1) is 13.8 Å². The van der Waals surface area contributed by atoms with E-state index in [0.717, 1.165) is 11.1 Å². The lowest BCUT2D eigenvalue weighted by atomic mass is 10.0. The van der Waals surface area contributed by atoms with Crippen LogP contribution in [0.4, 0.5) is 21.9 Å². The summed E-state index contributed by atoms with van der Waals surface area (Å²) in [4.78, 5) is 59.1. The first-order chi connectivity index (χ1) is 22.2. The van der Waals surface area contributed by atoms with E-state index in [2.05, 4.69) is 25.8 Å². The number of pyridine rings is 1. The number of anilines is 3. The topological polar surface area (TPSA) is 144 Å². The van der Waals surface area contributed by atoms with E-state index in [1.54, 1.807) is 65.8 Å². The lowest BCUT2D eigenvalue weighted by Gasteiger charge is -2.37. The Bertz CT molecular complexity index is 1720. The third-order valence-electron chi connectivity index (χ3n) is 7.76. The molecule has 0 bridgehead atoms. The predicted octanol–water partition coefficient (Wildman–Crippen LogP) is 5.25. The Balaban J connectivity index is 1.37. The molecule has 4 aromatic rings. The van der Waals surface area contributed by atoms with Crippen molar-refractivity contribution >= 4 is 40.9 Å². The number of carboxylic acid groups (broad SMARTS) is 1. The molecular formula is C35H36N6O5. The smallest absolute Gasteiger partial charge is 0.323 e. The normalized spacial score (nSPS) is 13.4. The third kappa shape index (κ3) is 8.06. The highest BCUT2D eigenvalue weighted by molar-refractivity contribution is 6.04. The molecule has 0 saturated carbocycles. The molecule has 1 aromatic heterocycles. The largest absolute Gasteiger partial charge is 0.481 e. The second kappa shape index (κ2) is 14.4. The molecule has 2 heterocycles. The van der Waals surface area contributed by atoms with Gasteiger partial charge in [-0.1, -0.05) is 42.0 Å². The molecule has 1 fully saturated rings. The minimum atomic E-state index is -1.04. The van der Waals surface area contributed by atoms with Crippen LogP contribution in [0.15, 0.2) is 91.3 Å². The van der Waals surface area contributed by atoms with Crippen molar-refractivity contribution in [3.8, 4) is 0 Å². The Hall–Kier alpha value is -5.71. The predicted molar refractivity (Wildman–Crippen MR) is 176 cm³/mol. The van der Waals surface area contributed by atoms with E-state index >= 15 is 0 Å². The molecule has 1 aliphatic rings. The van der Waals surface area contributed by atoms with Gasteiger partial charge in [0.15, 0.2) is 0 Å². The quantitative estimate of drug-likeness (QED) is 0.200. The zero-order chi connectivity index (χ0) is 32.6. The second-order valence-electron chi connectivity index (χ2n) is 11.2. The first kappa shape index (κ1) is 31.7. The molecule has 5 rings (SSSR count).